The number of carbonyl (C=O) groups is 1. The molecule has 3 aromatic rings. The maximum Gasteiger partial charge on any atom is 0.246 e. The van der Waals surface area contributed by atoms with Gasteiger partial charge in [-0.3, -0.25) is 9.48 Å². The van der Waals surface area contributed by atoms with Crippen molar-refractivity contribution in [2.24, 2.45) is 4.99 Å². The van der Waals surface area contributed by atoms with E-state index >= 15 is 0 Å². The van der Waals surface area contributed by atoms with Gasteiger partial charge in [0.2, 0.25) is 5.91 Å². The van der Waals surface area contributed by atoms with Crippen molar-refractivity contribution in [3.63, 3.8) is 0 Å². The minimum absolute atomic E-state index is 0.115. The van der Waals surface area contributed by atoms with Crippen LogP contribution in [0.25, 0.3) is 0 Å². The second-order valence-corrected chi connectivity index (χ2v) is 6.81. The molecule has 1 aromatic heterocycles. The maximum absolute atomic E-state index is 12.2. The van der Waals surface area contributed by atoms with Crippen LogP contribution in [0.1, 0.15) is 18.1 Å². The first-order valence-corrected chi connectivity index (χ1v) is 10.2. The number of anilines is 1. The number of amides is 1. The molecule has 0 spiro atoms. The standard InChI is InChI=1S/C23H28N6O/c1-2-24-23(25-14-12-19-8-4-3-5-9-19)26-17-20-10-6-11-21(16-20)28-22(30)18-29-15-7-13-27-29/h3-11,13,15-16H,2,12,14,17-18H2,1H3,(H,28,30)(H2,24,25,26). The molecule has 0 aliphatic carbocycles. The molecule has 0 saturated heterocycles. The van der Waals surface area contributed by atoms with E-state index in [2.05, 4.69) is 50.3 Å². The predicted molar refractivity (Wildman–Crippen MR) is 120 cm³/mol. The predicted octanol–water partition coefficient (Wildman–Crippen LogP) is 2.82. The van der Waals surface area contributed by atoms with Crippen molar-refractivity contribution in [2.75, 3.05) is 18.4 Å². The molecule has 1 heterocycles. The number of carbonyl (C=O) groups excluding carboxylic acids is 1. The Hall–Kier alpha value is -3.61. The van der Waals surface area contributed by atoms with Gasteiger partial charge in [0.15, 0.2) is 5.96 Å². The molecule has 0 unspecified atom stereocenters. The minimum atomic E-state index is -0.115. The molecule has 30 heavy (non-hydrogen) atoms. The number of benzene rings is 2. The van der Waals surface area contributed by atoms with Crippen LogP contribution in [0.3, 0.4) is 0 Å². The molecule has 156 valence electrons. The van der Waals surface area contributed by atoms with E-state index in [1.165, 1.54) is 5.56 Å². The summed E-state index contributed by atoms with van der Waals surface area (Å²) in [6.07, 6.45) is 4.35. The summed E-state index contributed by atoms with van der Waals surface area (Å²) >= 11 is 0. The summed E-state index contributed by atoms with van der Waals surface area (Å²) in [6, 6.07) is 19.9. The molecule has 0 atom stereocenters. The van der Waals surface area contributed by atoms with Crippen molar-refractivity contribution in [3.05, 3.63) is 84.2 Å². The fraction of sp³-hybridized carbons (Fsp3) is 0.261. The van der Waals surface area contributed by atoms with Gasteiger partial charge in [-0.25, -0.2) is 4.99 Å². The Morgan fingerprint density at radius 3 is 2.63 bits per heavy atom. The molecule has 2 aromatic carbocycles. The van der Waals surface area contributed by atoms with E-state index in [0.29, 0.717) is 6.54 Å². The van der Waals surface area contributed by atoms with Crippen LogP contribution < -0.4 is 16.0 Å². The van der Waals surface area contributed by atoms with Gasteiger partial charge in [0.25, 0.3) is 0 Å². The van der Waals surface area contributed by atoms with Crippen LogP contribution in [-0.4, -0.2) is 34.7 Å². The summed E-state index contributed by atoms with van der Waals surface area (Å²) in [5, 5.41) is 13.6. The molecular weight excluding hydrogens is 376 g/mol. The highest BCUT2D eigenvalue weighted by Gasteiger charge is 2.05. The van der Waals surface area contributed by atoms with Crippen molar-refractivity contribution < 1.29 is 4.79 Å². The lowest BCUT2D eigenvalue weighted by Crippen LogP contribution is -2.38. The van der Waals surface area contributed by atoms with Crippen molar-refractivity contribution in [1.82, 2.24) is 20.4 Å². The molecule has 0 saturated carbocycles. The minimum Gasteiger partial charge on any atom is -0.357 e. The summed E-state index contributed by atoms with van der Waals surface area (Å²) in [7, 11) is 0. The van der Waals surface area contributed by atoms with Crippen molar-refractivity contribution >= 4 is 17.6 Å². The fourth-order valence-electron chi connectivity index (χ4n) is 2.97. The SMILES string of the molecule is CCNC(=NCc1cccc(NC(=O)Cn2cccn2)c1)NCCc1ccccc1. The second kappa shape index (κ2) is 11.4. The van der Waals surface area contributed by atoms with Crippen molar-refractivity contribution in [3.8, 4) is 0 Å². The fourth-order valence-corrected chi connectivity index (χ4v) is 2.97. The number of nitrogens with one attached hydrogen (secondary N) is 3. The maximum atomic E-state index is 12.2. The third-order valence-corrected chi connectivity index (χ3v) is 4.39. The van der Waals surface area contributed by atoms with E-state index in [1.54, 1.807) is 23.1 Å². The Labute approximate surface area is 177 Å². The average Bonchev–Trinajstić information content (AvgIpc) is 3.26. The molecule has 0 aliphatic rings. The lowest BCUT2D eigenvalue weighted by Gasteiger charge is -2.12. The van der Waals surface area contributed by atoms with Gasteiger partial charge in [0.05, 0.1) is 6.54 Å². The second-order valence-electron chi connectivity index (χ2n) is 6.81. The molecule has 0 bridgehead atoms. The molecule has 0 aliphatic heterocycles. The van der Waals surface area contributed by atoms with E-state index in [9.17, 15) is 4.79 Å². The Balaban J connectivity index is 1.53. The van der Waals surface area contributed by atoms with Crippen molar-refractivity contribution in [2.45, 2.75) is 26.4 Å². The molecule has 0 fully saturated rings. The number of guanidine groups is 1. The molecule has 7 nitrogen and oxygen atoms in total. The van der Waals surface area contributed by atoms with Gasteiger partial charge in [-0.2, -0.15) is 5.10 Å². The van der Waals surface area contributed by atoms with E-state index in [0.717, 1.165) is 36.7 Å². The third-order valence-electron chi connectivity index (χ3n) is 4.39. The first-order valence-electron chi connectivity index (χ1n) is 10.2. The normalized spacial score (nSPS) is 11.2. The zero-order valence-electron chi connectivity index (χ0n) is 17.2. The number of rotatable bonds is 9. The third kappa shape index (κ3) is 7.09. The van der Waals surface area contributed by atoms with Gasteiger partial charge in [0, 0.05) is 31.2 Å². The highest BCUT2D eigenvalue weighted by molar-refractivity contribution is 5.90. The number of aliphatic imine (C=N–C) groups is 1. The van der Waals surface area contributed by atoms with E-state index in [-0.39, 0.29) is 12.5 Å². The molecule has 7 heteroatoms. The smallest absolute Gasteiger partial charge is 0.246 e. The molecule has 3 rings (SSSR count). The molecular formula is C23H28N6O. The van der Waals surface area contributed by atoms with Crippen molar-refractivity contribution in [1.29, 1.82) is 0 Å². The van der Waals surface area contributed by atoms with Crippen LogP contribution in [0, 0.1) is 0 Å². The zero-order valence-corrected chi connectivity index (χ0v) is 17.2. The molecule has 1 amide bonds. The summed E-state index contributed by atoms with van der Waals surface area (Å²) in [5.41, 5.74) is 3.06. The van der Waals surface area contributed by atoms with Crippen LogP contribution in [0.15, 0.2) is 78.0 Å². The lowest BCUT2D eigenvalue weighted by atomic mass is 10.1. The van der Waals surface area contributed by atoms with E-state index < -0.39 is 0 Å². The summed E-state index contributed by atoms with van der Waals surface area (Å²) in [5.74, 6) is 0.664. The van der Waals surface area contributed by atoms with E-state index in [1.807, 2.05) is 37.3 Å². The topological polar surface area (TPSA) is 83.3 Å². The summed E-state index contributed by atoms with van der Waals surface area (Å²) in [4.78, 5) is 16.8. The first kappa shape index (κ1) is 21.1. The highest BCUT2D eigenvalue weighted by atomic mass is 16.2. The average molecular weight is 405 g/mol. The van der Waals surface area contributed by atoms with Crippen LogP contribution in [0.5, 0.6) is 0 Å². The zero-order chi connectivity index (χ0) is 21.0. The van der Waals surface area contributed by atoms with Gasteiger partial charge in [-0.15, -0.1) is 0 Å². The summed E-state index contributed by atoms with van der Waals surface area (Å²) in [6.45, 7) is 4.35. The van der Waals surface area contributed by atoms with Crippen LogP contribution in [0.2, 0.25) is 0 Å². The first-order chi connectivity index (χ1) is 14.7. The van der Waals surface area contributed by atoms with Gasteiger partial charge in [-0.1, -0.05) is 42.5 Å². The highest BCUT2D eigenvalue weighted by Crippen LogP contribution is 2.12. The number of hydrogen-bond donors (Lipinski definition) is 3. The molecule has 3 N–H and O–H groups in total. The number of hydrogen-bond acceptors (Lipinski definition) is 3. The van der Waals surface area contributed by atoms with Crippen LogP contribution in [0.4, 0.5) is 5.69 Å². The van der Waals surface area contributed by atoms with Gasteiger partial charge < -0.3 is 16.0 Å². The Morgan fingerprint density at radius 1 is 1.03 bits per heavy atom. The van der Waals surface area contributed by atoms with Crippen LogP contribution >= 0.6 is 0 Å². The Bertz CT molecular complexity index is 937. The monoisotopic (exact) mass is 404 g/mol. The van der Waals surface area contributed by atoms with Gasteiger partial charge in [0.1, 0.15) is 6.54 Å². The Morgan fingerprint density at radius 2 is 1.87 bits per heavy atom. The van der Waals surface area contributed by atoms with E-state index in [4.69, 9.17) is 0 Å². The quantitative estimate of drug-likeness (QED) is 0.378. The van der Waals surface area contributed by atoms with Gasteiger partial charge >= 0.3 is 0 Å². The number of aromatic nitrogens is 2. The summed E-state index contributed by atoms with van der Waals surface area (Å²) < 4.78 is 1.59. The largest absolute Gasteiger partial charge is 0.357 e. The Kier molecular flexibility index (Phi) is 8.02. The number of nitrogens with zero attached hydrogens (tertiary/aromatic N) is 3. The van der Waals surface area contributed by atoms with Gasteiger partial charge in [-0.05, 0) is 42.7 Å². The molecule has 0 radical (unpaired) electrons. The lowest BCUT2D eigenvalue weighted by molar-refractivity contribution is -0.116. The van der Waals surface area contributed by atoms with Crippen LogP contribution in [-0.2, 0) is 24.3 Å².